The van der Waals surface area contributed by atoms with Crippen LogP contribution >= 0.6 is 11.6 Å². The number of nitrogens with zero attached hydrogens (tertiary/aromatic N) is 2. The Morgan fingerprint density at radius 2 is 2.11 bits per heavy atom. The highest BCUT2D eigenvalue weighted by Gasteiger charge is 2.08. The molecule has 4 nitrogen and oxygen atoms in total. The molecule has 0 spiro atoms. The highest BCUT2D eigenvalue weighted by molar-refractivity contribution is 6.32. The van der Waals surface area contributed by atoms with E-state index in [-0.39, 0.29) is 0 Å². The average molecular weight is 271 g/mol. The molecule has 1 aromatic heterocycles. The second-order valence-corrected chi connectivity index (χ2v) is 4.94. The van der Waals surface area contributed by atoms with Crippen molar-refractivity contribution in [3.05, 3.63) is 11.2 Å². The molecule has 1 rings (SSSR count). The van der Waals surface area contributed by atoms with Crippen LogP contribution in [0.1, 0.15) is 46.0 Å². The van der Waals surface area contributed by atoms with Gasteiger partial charge >= 0.3 is 0 Å². The Morgan fingerprint density at radius 3 is 2.78 bits per heavy atom. The fourth-order valence-corrected chi connectivity index (χ4v) is 1.92. The van der Waals surface area contributed by atoms with E-state index in [0.29, 0.717) is 22.8 Å². The number of rotatable bonds is 8. The zero-order valence-corrected chi connectivity index (χ0v) is 12.2. The smallest absolute Gasteiger partial charge is 0.224 e. The number of unbranched alkanes of at least 4 members (excludes halogenated alkanes) is 3. The molecule has 1 heterocycles. The Labute approximate surface area is 115 Å². The molecular formula is C13H23ClN4. The van der Waals surface area contributed by atoms with Crippen LogP contribution in [-0.2, 0) is 0 Å². The molecule has 0 amide bonds. The number of halogens is 1. The van der Waals surface area contributed by atoms with Crippen LogP contribution < -0.4 is 10.6 Å². The number of anilines is 2. The topological polar surface area (TPSA) is 49.8 Å². The van der Waals surface area contributed by atoms with Gasteiger partial charge in [0.05, 0.1) is 6.20 Å². The maximum absolute atomic E-state index is 6.07. The average Bonchev–Trinajstić information content (AvgIpc) is 2.37. The van der Waals surface area contributed by atoms with Crippen LogP contribution in [0, 0.1) is 0 Å². The highest BCUT2D eigenvalue weighted by Crippen LogP contribution is 2.21. The summed E-state index contributed by atoms with van der Waals surface area (Å²) in [5.74, 6) is 1.29. The summed E-state index contributed by atoms with van der Waals surface area (Å²) < 4.78 is 0. The first-order valence-corrected chi connectivity index (χ1v) is 7.02. The highest BCUT2D eigenvalue weighted by atomic mass is 35.5. The van der Waals surface area contributed by atoms with Crippen molar-refractivity contribution in [2.75, 3.05) is 17.7 Å². The Morgan fingerprint density at radius 1 is 1.33 bits per heavy atom. The molecule has 0 saturated carbocycles. The summed E-state index contributed by atoms with van der Waals surface area (Å²) >= 11 is 6.07. The predicted octanol–water partition coefficient (Wildman–Crippen LogP) is 3.94. The van der Waals surface area contributed by atoms with Crippen molar-refractivity contribution in [3.8, 4) is 0 Å². The molecule has 1 atom stereocenters. The van der Waals surface area contributed by atoms with Gasteiger partial charge < -0.3 is 10.6 Å². The summed E-state index contributed by atoms with van der Waals surface area (Å²) in [6.45, 7) is 4.38. The van der Waals surface area contributed by atoms with Crippen LogP contribution in [0.2, 0.25) is 5.02 Å². The molecule has 0 aliphatic rings. The molecule has 0 aliphatic heterocycles. The van der Waals surface area contributed by atoms with Gasteiger partial charge in [0.25, 0.3) is 0 Å². The normalized spacial score (nSPS) is 12.2. The molecular weight excluding hydrogens is 248 g/mol. The number of aromatic nitrogens is 2. The summed E-state index contributed by atoms with van der Waals surface area (Å²) in [4.78, 5) is 8.37. The molecule has 1 unspecified atom stereocenters. The third-order valence-electron chi connectivity index (χ3n) is 2.84. The first kappa shape index (κ1) is 15.0. The zero-order chi connectivity index (χ0) is 13.4. The van der Waals surface area contributed by atoms with E-state index in [4.69, 9.17) is 11.6 Å². The maximum Gasteiger partial charge on any atom is 0.224 e. The SMILES string of the molecule is CCCCCCC(C)Nc1nc(NC)ncc1Cl. The minimum atomic E-state index is 0.374. The first-order chi connectivity index (χ1) is 8.67. The molecule has 0 aliphatic carbocycles. The van der Waals surface area contributed by atoms with Crippen LogP contribution in [0.4, 0.5) is 11.8 Å². The molecule has 0 saturated heterocycles. The van der Waals surface area contributed by atoms with Crippen molar-refractivity contribution < 1.29 is 0 Å². The van der Waals surface area contributed by atoms with Crippen LogP contribution in [-0.4, -0.2) is 23.1 Å². The Kier molecular flexibility index (Phi) is 6.80. The summed E-state index contributed by atoms with van der Waals surface area (Å²) in [6, 6.07) is 0.374. The molecule has 0 fully saturated rings. The Bertz CT molecular complexity index is 357. The van der Waals surface area contributed by atoms with Crippen molar-refractivity contribution in [1.82, 2.24) is 9.97 Å². The quantitative estimate of drug-likeness (QED) is 0.703. The fraction of sp³-hybridized carbons (Fsp3) is 0.692. The van der Waals surface area contributed by atoms with E-state index in [0.717, 1.165) is 6.42 Å². The largest absolute Gasteiger partial charge is 0.366 e. The monoisotopic (exact) mass is 270 g/mol. The lowest BCUT2D eigenvalue weighted by molar-refractivity contribution is 0.593. The van der Waals surface area contributed by atoms with E-state index in [2.05, 4.69) is 34.4 Å². The second-order valence-electron chi connectivity index (χ2n) is 4.53. The molecule has 2 N–H and O–H groups in total. The van der Waals surface area contributed by atoms with E-state index < -0.39 is 0 Å². The van der Waals surface area contributed by atoms with Gasteiger partial charge in [0.2, 0.25) is 5.95 Å². The van der Waals surface area contributed by atoms with Gasteiger partial charge in [-0.05, 0) is 13.3 Å². The third-order valence-corrected chi connectivity index (χ3v) is 3.12. The van der Waals surface area contributed by atoms with Crippen LogP contribution in [0.15, 0.2) is 6.20 Å². The summed E-state index contributed by atoms with van der Waals surface area (Å²) in [7, 11) is 1.79. The van der Waals surface area contributed by atoms with Gasteiger partial charge in [-0.15, -0.1) is 0 Å². The zero-order valence-electron chi connectivity index (χ0n) is 11.5. The van der Waals surface area contributed by atoms with Gasteiger partial charge in [0.15, 0.2) is 5.82 Å². The lowest BCUT2D eigenvalue weighted by atomic mass is 10.1. The van der Waals surface area contributed by atoms with Crippen molar-refractivity contribution in [1.29, 1.82) is 0 Å². The van der Waals surface area contributed by atoms with Crippen LogP contribution in [0.5, 0.6) is 0 Å². The minimum absolute atomic E-state index is 0.374. The van der Waals surface area contributed by atoms with Crippen molar-refractivity contribution in [3.63, 3.8) is 0 Å². The first-order valence-electron chi connectivity index (χ1n) is 6.64. The maximum atomic E-state index is 6.07. The number of hydrogen-bond acceptors (Lipinski definition) is 4. The Hall–Kier alpha value is -1.03. The number of nitrogens with one attached hydrogen (secondary N) is 2. The summed E-state index contributed by atoms with van der Waals surface area (Å²) in [6.07, 6.45) is 7.86. The van der Waals surface area contributed by atoms with Crippen molar-refractivity contribution in [2.24, 2.45) is 0 Å². The van der Waals surface area contributed by atoms with E-state index in [9.17, 15) is 0 Å². The van der Waals surface area contributed by atoms with E-state index in [1.165, 1.54) is 25.7 Å². The van der Waals surface area contributed by atoms with Gasteiger partial charge in [-0.1, -0.05) is 44.2 Å². The van der Waals surface area contributed by atoms with Crippen molar-refractivity contribution >= 4 is 23.4 Å². The molecule has 0 aromatic carbocycles. The van der Waals surface area contributed by atoms with Crippen LogP contribution in [0.3, 0.4) is 0 Å². The predicted molar refractivity (Wildman–Crippen MR) is 78.4 cm³/mol. The van der Waals surface area contributed by atoms with Gasteiger partial charge in [-0.25, -0.2) is 4.98 Å². The lowest BCUT2D eigenvalue weighted by Crippen LogP contribution is -2.16. The standard InChI is InChI=1S/C13H23ClN4/c1-4-5-6-7-8-10(2)17-12-11(14)9-16-13(15-3)18-12/h9-10H,4-8H2,1-3H3,(H2,15,16,17,18). The second kappa shape index (κ2) is 8.14. The third kappa shape index (κ3) is 5.08. The Balaban J connectivity index is 2.45. The summed E-state index contributed by atoms with van der Waals surface area (Å²) in [5, 5.41) is 6.81. The van der Waals surface area contributed by atoms with Gasteiger partial charge in [0, 0.05) is 13.1 Å². The molecule has 102 valence electrons. The molecule has 0 bridgehead atoms. The lowest BCUT2D eigenvalue weighted by Gasteiger charge is -2.15. The molecule has 18 heavy (non-hydrogen) atoms. The minimum Gasteiger partial charge on any atom is -0.366 e. The number of hydrogen-bond donors (Lipinski definition) is 2. The molecule has 5 heteroatoms. The van der Waals surface area contributed by atoms with Gasteiger partial charge in [-0.2, -0.15) is 4.98 Å². The van der Waals surface area contributed by atoms with Gasteiger partial charge in [0.1, 0.15) is 5.02 Å². The van der Waals surface area contributed by atoms with E-state index >= 15 is 0 Å². The fourth-order valence-electron chi connectivity index (χ4n) is 1.77. The van der Waals surface area contributed by atoms with Gasteiger partial charge in [-0.3, -0.25) is 0 Å². The van der Waals surface area contributed by atoms with E-state index in [1.54, 1.807) is 13.2 Å². The molecule has 1 aromatic rings. The summed E-state index contributed by atoms with van der Waals surface area (Å²) in [5.41, 5.74) is 0. The van der Waals surface area contributed by atoms with E-state index in [1.807, 2.05) is 0 Å². The van der Waals surface area contributed by atoms with Crippen molar-refractivity contribution in [2.45, 2.75) is 52.0 Å². The van der Waals surface area contributed by atoms with Crippen LogP contribution in [0.25, 0.3) is 0 Å². The molecule has 0 radical (unpaired) electrons.